The predicted molar refractivity (Wildman–Crippen MR) is 126 cm³/mol. The van der Waals surface area contributed by atoms with Crippen molar-refractivity contribution in [2.75, 3.05) is 7.11 Å². The number of hydrogen-bond acceptors (Lipinski definition) is 2. The number of ether oxygens (including phenoxy) is 1. The van der Waals surface area contributed by atoms with Crippen molar-refractivity contribution < 1.29 is 9.53 Å². The first-order valence-corrected chi connectivity index (χ1v) is 11.8. The molecule has 3 aromatic rings. The minimum absolute atomic E-state index is 0.112. The summed E-state index contributed by atoms with van der Waals surface area (Å²) < 4.78 is 5.90. The molecular weight excluding hydrogens is 380 g/mol. The topological polar surface area (TPSA) is 26.3 Å². The quantitative estimate of drug-likeness (QED) is 0.426. The first kappa shape index (κ1) is 19.1. The minimum Gasteiger partial charge on any atom is -0.496 e. The van der Waals surface area contributed by atoms with E-state index in [4.69, 9.17) is 4.74 Å². The number of ketones is 1. The molecule has 0 heterocycles. The van der Waals surface area contributed by atoms with Crippen LogP contribution in [0.1, 0.15) is 61.4 Å². The maximum Gasteiger partial charge on any atom is 0.159 e. The summed E-state index contributed by atoms with van der Waals surface area (Å²) in [5.74, 6) is 3.92. The van der Waals surface area contributed by atoms with Crippen molar-refractivity contribution in [1.82, 2.24) is 0 Å². The Morgan fingerprint density at radius 2 is 1.39 bits per heavy atom. The summed E-state index contributed by atoms with van der Waals surface area (Å²) in [6, 6.07) is 19.4. The number of methoxy groups -OCH3 is 1. The fraction of sp³-hybridized carbons (Fsp3) is 0.414. The number of benzene rings is 3. The minimum atomic E-state index is 0.112. The van der Waals surface area contributed by atoms with Crippen LogP contribution >= 0.6 is 0 Å². The van der Waals surface area contributed by atoms with E-state index in [0.29, 0.717) is 5.41 Å². The molecule has 4 fully saturated rings. The third kappa shape index (κ3) is 3.11. The van der Waals surface area contributed by atoms with Crippen LogP contribution in [-0.2, 0) is 5.41 Å². The van der Waals surface area contributed by atoms with Crippen LogP contribution in [0.5, 0.6) is 5.75 Å². The van der Waals surface area contributed by atoms with Crippen LogP contribution in [0.4, 0.5) is 0 Å². The van der Waals surface area contributed by atoms with Crippen molar-refractivity contribution in [3.63, 3.8) is 0 Å². The second-order valence-corrected chi connectivity index (χ2v) is 10.4. The molecule has 2 nitrogen and oxygen atoms in total. The van der Waals surface area contributed by atoms with Gasteiger partial charge in [0, 0.05) is 11.1 Å². The van der Waals surface area contributed by atoms with Crippen LogP contribution < -0.4 is 4.74 Å². The molecule has 4 aliphatic carbocycles. The molecule has 0 aromatic heterocycles. The Bertz CT molecular complexity index is 1150. The molecule has 4 aliphatic rings. The van der Waals surface area contributed by atoms with Crippen LogP contribution in [0, 0.1) is 17.8 Å². The molecule has 4 bridgehead atoms. The second-order valence-electron chi connectivity index (χ2n) is 10.4. The highest BCUT2D eigenvalue weighted by Crippen LogP contribution is 2.62. The van der Waals surface area contributed by atoms with Crippen LogP contribution in [0.25, 0.3) is 21.9 Å². The zero-order valence-corrected chi connectivity index (χ0v) is 18.5. The molecule has 0 radical (unpaired) electrons. The van der Waals surface area contributed by atoms with Gasteiger partial charge in [-0.1, -0.05) is 30.3 Å². The second kappa shape index (κ2) is 6.95. The Kier molecular flexibility index (Phi) is 4.28. The van der Waals surface area contributed by atoms with Gasteiger partial charge in [-0.25, -0.2) is 0 Å². The number of carbonyl (C=O) groups excluding carboxylic acids is 1. The number of Topliss-reactive ketones (excluding diaryl/α,β-unsaturated/α-hetero) is 1. The third-order valence-electron chi connectivity index (χ3n) is 8.39. The van der Waals surface area contributed by atoms with E-state index in [0.717, 1.165) is 34.5 Å². The van der Waals surface area contributed by atoms with Gasteiger partial charge in [0.05, 0.1) is 7.11 Å². The molecule has 0 aliphatic heterocycles. The van der Waals surface area contributed by atoms with Gasteiger partial charge >= 0.3 is 0 Å². The Balaban J connectivity index is 1.43. The molecule has 7 rings (SSSR count). The van der Waals surface area contributed by atoms with Crippen molar-refractivity contribution >= 4 is 16.6 Å². The van der Waals surface area contributed by atoms with Gasteiger partial charge in [-0.05, 0) is 115 Å². The molecule has 0 saturated heterocycles. The van der Waals surface area contributed by atoms with E-state index in [1.165, 1.54) is 60.6 Å². The van der Waals surface area contributed by atoms with Gasteiger partial charge < -0.3 is 4.74 Å². The Hall–Kier alpha value is -2.61. The highest BCUT2D eigenvalue weighted by molar-refractivity contribution is 5.99. The smallest absolute Gasteiger partial charge is 0.159 e. The third-order valence-corrected chi connectivity index (χ3v) is 8.39. The summed E-state index contributed by atoms with van der Waals surface area (Å²) in [4.78, 5) is 11.7. The van der Waals surface area contributed by atoms with Crippen molar-refractivity contribution in [3.8, 4) is 16.9 Å². The summed E-state index contributed by atoms with van der Waals surface area (Å²) in [7, 11) is 1.82. The van der Waals surface area contributed by atoms with Crippen LogP contribution in [-0.4, -0.2) is 12.9 Å². The standard InChI is InChI=1S/C29H30O2/c1-18(30)22-3-4-24-13-25(6-5-23(24)12-22)26-7-8-28(31-2)27(14-26)29-15-19-9-20(16-29)11-21(10-19)17-29/h3-8,12-14,19-21H,9-11,15-17H2,1-2H3/t19-,20+,21-,29?. The van der Waals surface area contributed by atoms with Crippen LogP contribution in [0.15, 0.2) is 54.6 Å². The van der Waals surface area contributed by atoms with Crippen LogP contribution in [0.3, 0.4) is 0 Å². The van der Waals surface area contributed by atoms with Gasteiger partial charge in [-0.15, -0.1) is 0 Å². The zero-order valence-electron chi connectivity index (χ0n) is 18.5. The van der Waals surface area contributed by atoms with Crippen molar-refractivity contribution in [2.24, 2.45) is 17.8 Å². The maximum atomic E-state index is 11.7. The van der Waals surface area contributed by atoms with Gasteiger partial charge in [0.2, 0.25) is 0 Å². The Labute approximate surface area is 184 Å². The summed E-state index contributed by atoms with van der Waals surface area (Å²) in [5, 5.41) is 2.29. The molecule has 158 valence electrons. The molecular formula is C29H30O2. The van der Waals surface area contributed by atoms with E-state index >= 15 is 0 Å². The van der Waals surface area contributed by atoms with Gasteiger partial charge in [0.15, 0.2) is 5.78 Å². The Morgan fingerprint density at radius 3 is 2.03 bits per heavy atom. The molecule has 3 aromatic carbocycles. The van der Waals surface area contributed by atoms with Gasteiger partial charge in [-0.3, -0.25) is 4.79 Å². The SMILES string of the molecule is COc1ccc(-c2ccc3cc(C(C)=O)ccc3c2)cc1C12C[C@H]3C[C@@H](C1)C[C@@H](C2)C3. The van der Waals surface area contributed by atoms with Gasteiger partial charge in [-0.2, -0.15) is 0 Å². The lowest BCUT2D eigenvalue weighted by Crippen LogP contribution is -2.48. The average Bonchev–Trinajstić information content (AvgIpc) is 2.77. The molecule has 4 saturated carbocycles. The van der Waals surface area contributed by atoms with E-state index in [9.17, 15) is 4.79 Å². The maximum absolute atomic E-state index is 11.7. The van der Waals surface area contributed by atoms with Gasteiger partial charge in [0.1, 0.15) is 5.75 Å². The van der Waals surface area contributed by atoms with Crippen molar-refractivity contribution in [3.05, 3.63) is 65.7 Å². The highest BCUT2D eigenvalue weighted by Gasteiger charge is 2.52. The van der Waals surface area contributed by atoms with Crippen LogP contribution in [0.2, 0.25) is 0 Å². The molecule has 0 spiro atoms. The largest absolute Gasteiger partial charge is 0.496 e. The van der Waals surface area contributed by atoms with E-state index in [2.05, 4.69) is 42.5 Å². The zero-order chi connectivity index (χ0) is 21.2. The number of rotatable bonds is 4. The molecule has 0 atom stereocenters. The lowest BCUT2D eigenvalue weighted by atomic mass is 9.48. The molecule has 0 amide bonds. The fourth-order valence-electron chi connectivity index (χ4n) is 7.39. The first-order chi connectivity index (χ1) is 15.0. The molecule has 31 heavy (non-hydrogen) atoms. The molecule has 2 heteroatoms. The number of fused-ring (bicyclic) bond motifs is 1. The summed E-state index contributed by atoms with van der Waals surface area (Å²) in [5.41, 5.74) is 5.02. The molecule has 0 unspecified atom stereocenters. The summed E-state index contributed by atoms with van der Waals surface area (Å²) >= 11 is 0. The number of hydrogen-bond donors (Lipinski definition) is 0. The monoisotopic (exact) mass is 410 g/mol. The normalized spacial score (nSPS) is 28.8. The lowest BCUT2D eigenvalue weighted by molar-refractivity contribution is -0.00613. The predicted octanol–water partition coefficient (Wildman–Crippen LogP) is 7.19. The number of carbonyl (C=O) groups is 1. The van der Waals surface area contributed by atoms with E-state index in [1.807, 2.05) is 19.2 Å². The summed E-state index contributed by atoms with van der Waals surface area (Å²) in [6.45, 7) is 1.62. The van der Waals surface area contributed by atoms with E-state index in [1.54, 1.807) is 6.92 Å². The fourth-order valence-corrected chi connectivity index (χ4v) is 7.39. The highest BCUT2D eigenvalue weighted by atomic mass is 16.5. The van der Waals surface area contributed by atoms with Crippen molar-refractivity contribution in [1.29, 1.82) is 0 Å². The summed E-state index contributed by atoms with van der Waals surface area (Å²) in [6.07, 6.45) is 8.37. The van der Waals surface area contributed by atoms with E-state index in [-0.39, 0.29) is 5.78 Å². The lowest BCUT2D eigenvalue weighted by Gasteiger charge is -2.57. The Morgan fingerprint density at radius 1 is 0.806 bits per heavy atom. The first-order valence-electron chi connectivity index (χ1n) is 11.8. The van der Waals surface area contributed by atoms with E-state index < -0.39 is 0 Å². The molecule has 0 N–H and O–H groups in total. The van der Waals surface area contributed by atoms with Crippen molar-refractivity contribution in [2.45, 2.75) is 50.9 Å². The average molecular weight is 411 g/mol. The van der Waals surface area contributed by atoms with Gasteiger partial charge in [0.25, 0.3) is 0 Å².